The number of hydrogen-bond acceptors (Lipinski definition) is 7. The van der Waals surface area contributed by atoms with Gasteiger partial charge >= 0.3 is 23.9 Å². The number of ether oxygens (including phenoxy) is 2. The zero-order valence-electron chi connectivity index (χ0n) is 31.1. The fourth-order valence-electron chi connectivity index (χ4n) is 5.54. The number of unbranched alkanes of at least 4 members (excludes halogenated alkanes) is 22. The first-order valence-electron chi connectivity index (χ1n) is 19.9. The third-order valence-corrected chi connectivity index (χ3v) is 8.69. The first-order valence-corrected chi connectivity index (χ1v) is 19.9. The van der Waals surface area contributed by atoms with Gasteiger partial charge in [-0.25, -0.2) is 4.79 Å². The van der Waals surface area contributed by atoms with Crippen LogP contribution in [-0.2, 0) is 28.7 Å². The van der Waals surface area contributed by atoms with Gasteiger partial charge in [0.1, 0.15) is 6.04 Å². The molecule has 0 aromatic carbocycles. The molecule has 0 amide bonds. The maximum absolute atomic E-state index is 12.1. The standard InChI is InChI=1S/C41H73NO6/c1-3-5-7-9-11-13-15-17-19-21-23-25-27-29-31-33-38(43)47-40(45)36-35-37(42)41(46)48-39(44)34-32-30-28-26-24-22-20-18-16-14-12-10-8-6-4-2/h17-20,37H,3-16,21-36,42H2,1-2H3/b19-17-,20-18-. The minimum atomic E-state index is -1.11. The van der Waals surface area contributed by atoms with Crippen molar-refractivity contribution in [3.63, 3.8) is 0 Å². The summed E-state index contributed by atoms with van der Waals surface area (Å²) in [6.07, 6.45) is 39.7. The lowest BCUT2D eigenvalue weighted by atomic mass is 10.1. The highest BCUT2D eigenvalue weighted by molar-refractivity contribution is 5.89. The average molecular weight is 676 g/mol. The first kappa shape index (κ1) is 45.7. The lowest BCUT2D eigenvalue weighted by Gasteiger charge is -2.10. The number of carbonyl (C=O) groups is 4. The number of nitrogens with two attached hydrogens (primary N) is 1. The summed E-state index contributed by atoms with van der Waals surface area (Å²) in [5, 5.41) is 0. The smallest absolute Gasteiger partial charge is 0.330 e. The fraction of sp³-hybridized carbons (Fsp3) is 0.805. The molecule has 0 bridgehead atoms. The van der Waals surface area contributed by atoms with Crippen LogP contribution in [0, 0.1) is 0 Å². The first-order chi connectivity index (χ1) is 23.4. The number of hydrogen-bond donors (Lipinski definition) is 1. The number of carbonyl (C=O) groups excluding carboxylic acids is 4. The molecule has 0 saturated heterocycles. The second-order valence-corrected chi connectivity index (χ2v) is 13.5. The largest absolute Gasteiger partial charge is 0.393 e. The lowest BCUT2D eigenvalue weighted by Crippen LogP contribution is -2.34. The molecule has 0 heterocycles. The van der Waals surface area contributed by atoms with E-state index in [-0.39, 0.29) is 25.7 Å². The van der Waals surface area contributed by atoms with Gasteiger partial charge < -0.3 is 15.2 Å². The van der Waals surface area contributed by atoms with Crippen LogP contribution in [0.25, 0.3) is 0 Å². The highest BCUT2D eigenvalue weighted by Gasteiger charge is 2.21. The fourth-order valence-corrected chi connectivity index (χ4v) is 5.54. The van der Waals surface area contributed by atoms with E-state index in [9.17, 15) is 19.2 Å². The highest BCUT2D eigenvalue weighted by atomic mass is 16.6. The van der Waals surface area contributed by atoms with Gasteiger partial charge in [-0.05, 0) is 70.6 Å². The molecule has 278 valence electrons. The third kappa shape index (κ3) is 33.6. The molecule has 0 saturated carbocycles. The molecular formula is C41H73NO6. The summed E-state index contributed by atoms with van der Waals surface area (Å²) in [5.41, 5.74) is 5.80. The minimum Gasteiger partial charge on any atom is -0.393 e. The van der Waals surface area contributed by atoms with Gasteiger partial charge in [0.15, 0.2) is 0 Å². The predicted molar refractivity (Wildman–Crippen MR) is 198 cm³/mol. The maximum atomic E-state index is 12.1. The van der Waals surface area contributed by atoms with Crippen molar-refractivity contribution in [1.82, 2.24) is 0 Å². The van der Waals surface area contributed by atoms with Crippen LogP contribution >= 0.6 is 0 Å². The summed E-state index contributed by atoms with van der Waals surface area (Å²) in [4.78, 5) is 48.1. The van der Waals surface area contributed by atoms with Crippen LogP contribution < -0.4 is 5.73 Å². The molecule has 0 aliphatic heterocycles. The van der Waals surface area contributed by atoms with Crippen molar-refractivity contribution in [2.24, 2.45) is 5.73 Å². The molecule has 0 spiro atoms. The van der Waals surface area contributed by atoms with Crippen LogP contribution in [0.3, 0.4) is 0 Å². The average Bonchev–Trinajstić information content (AvgIpc) is 3.07. The summed E-state index contributed by atoms with van der Waals surface area (Å²) in [5.74, 6) is -2.70. The Bertz CT molecular complexity index is 852. The zero-order valence-corrected chi connectivity index (χ0v) is 31.1. The van der Waals surface area contributed by atoms with E-state index in [0.29, 0.717) is 12.8 Å². The van der Waals surface area contributed by atoms with Crippen LogP contribution in [0.4, 0.5) is 0 Å². The molecule has 0 aliphatic rings. The molecule has 0 fully saturated rings. The Labute approximate surface area is 294 Å². The summed E-state index contributed by atoms with van der Waals surface area (Å²) in [6.45, 7) is 4.49. The van der Waals surface area contributed by atoms with E-state index in [2.05, 4.69) is 38.2 Å². The van der Waals surface area contributed by atoms with Gasteiger partial charge in [0.25, 0.3) is 0 Å². The molecule has 7 nitrogen and oxygen atoms in total. The lowest BCUT2D eigenvalue weighted by molar-refractivity contribution is -0.160. The van der Waals surface area contributed by atoms with Crippen molar-refractivity contribution < 1.29 is 28.7 Å². The van der Waals surface area contributed by atoms with Crippen LogP contribution in [0.1, 0.15) is 206 Å². The molecule has 1 unspecified atom stereocenters. The topological polar surface area (TPSA) is 113 Å². The molecule has 0 rings (SSSR count). The van der Waals surface area contributed by atoms with Gasteiger partial charge in [-0.15, -0.1) is 0 Å². The van der Waals surface area contributed by atoms with Crippen molar-refractivity contribution in [3.8, 4) is 0 Å². The van der Waals surface area contributed by atoms with Crippen LogP contribution in [-0.4, -0.2) is 29.9 Å². The Morgan fingerprint density at radius 2 is 0.750 bits per heavy atom. The second-order valence-electron chi connectivity index (χ2n) is 13.5. The summed E-state index contributed by atoms with van der Waals surface area (Å²) in [7, 11) is 0. The molecule has 1 atom stereocenters. The molecule has 0 aromatic rings. The van der Waals surface area contributed by atoms with E-state index >= 15 is 0 Å². The van der Waals surface area contributed by atoms with Gasteiger partial charge in [0.2, 0.25) is 0 Å². The third-order valence-electron chi connectivity index (χ3n) is 8.69. The van der Waals surface area contributed by atoms with Crippen molar-refractivity contribution in [1.29, 1.82) is 0 Å². The van der Waals surface area contributed by atoms with Crippen LogP contribution in [0.2, 0.25) is 0 Å². The molecule has 0 radical (unpaired) electrons. The van der Waals surface area contributed by atoms with Crippen LogP contribution in [0.15, 0.2) is 24.3 Å². The Morgan fingerprint density at radius 1 is 0.438 bits per heavy atom. The quantitative estimate of drug-likeness (QED) is 0.0312. The van der Waals surface area contributed by atoms with E-state index in [0.717, 1.165) is 64.2 Å². The maximum Gasteiger partial charge on any atom is 0.330 e. The van der Waals surface area contributed by atoms with E-state index in [1.807, 2.05) is 0 Å². The minimum absolute atomic E-state index is 0.0426. The Balaban J connectivity index is 3.67. The summed E-state index contributed by atoms with van der Waals surface area (Å²) >= 11 is 0. The normalized spacial score (nSPS) is 12.1. The predicted octanol–water partition coefficient (Wildman–Crippen LogP) is 11.3. The van der Waals surface area contributed by atoms with Gasteiger partial charge in [-0.2, -0.15) is 0 Å². The van der Waals surface area contributed by atoms with Gasteiger partial charge in [-0.3, -0.25) is 14.4 Å². The number of allylic oxidation sites excluding steroid dienone is 4. The molecule has 7 heteroatoms. The van der Waals surface area contributed by atoms with E-state index in [1.54, 1.807) is 0 Å². The van der Waals surface area contributed by atoms with Crippen molar-refractivity contribution >= 4 is 23.9 Å². The second kappa shape index (κ2) is 36.0. The van der Waals surface area contributed by atoms with E-state index in [4.69, 9.17) is 15.2 Å². The van der Waals surface area contributed by atoms with Crippen molar-refractivity contribution in [2.75, 3.05) is 0 Å². The van der Waals surface area contributed by atoms with Crippen molar-refractivity contribution in [2.45, 2.75) is 213 Å². The van der Waals surface area contributed by atoms with Crippen LogP contribution in [0.5, 0.6) is 0 Å². The molecule has 48 heavy (non-hydrogen) atoms. The Morgan fingerprint density at radius 3 is 1.15 bits per heavy atom. The SMILES string of the molecule is CCCCCCCC/C=C\CCCCCCCC(=O)OC(=O)CCC(N)C(=O)OC(=O)CCCCCCC/C=C\CCCCCCCC. The number of rotatable bonds is 34. The summed E-state index contributed by atoms with van der Waals surface area (Å²) < 4.78 is 9.70. The van der Waals surface area contributed by atoms with Gasteiger partial charge in [0, 0.05) is 19.3 Å². The van der Waals surface area contributed by atoms with Gasteiger partial charge in [-0.1, -0.05) is 141 Å². The summed E-state index contributed by atoms with van der Waals surface area (Å²) in [6, 6.07) is -1.11. The zero-order chi connectivity index (χ0) is 35.3. The molecule has 0 aromatic heterocycles. The Hall–Kier alpha value is -2.28. The van der Waals surface area contributed by atoms with E-state index < -0.39 is 29.9 Å². The van der Waals surface area contributed by atoms with Crippen molar-refractivity contribution in [3.05, 3.63) is 24.3 Å². The number of esters is 4. The van der Waals surface area contributed by atoms with Gasteiger partial charge in [0.05, 0.1) is 0 Å². The monoisotopic (exact) mass is 676 g/mol. The molecule has 2 N–H and O–H groups in total. The molecule has 0 aliphatic carbocycles. The van der Waals surface area contributed by atoms with E-state index in [1.165, 1.54) is 89.9 Å². The Kier molecular flexibility index (Phi) is 34.3. The molecular weight excluding hydrogens is 602 g/mol. The highest BCUT2D eigenvalue weighted by Crippen LogP contribution is 2.13.